The van der Waals surface area contributed by atoms with E-state index in [1.54, 1.807) is 0 Å². The highest BCUT2D eigenvalue weighted by molar-refractivity contribution is 5.85. The van der Waals surface area contributed by atoms with Crippen LogP contribution in [0.1, 0.15) is 44.1 Å². The molecule has 0 unspecified atom stereocenters. The molecule has 2 heterocycles. The number of fused-ring (bicyclic) bond motifs is 1. The van der Waals surface area contributed by atoms with Gasteiger partial charge in [-0.15, -0.1) is 24.8 Å². The van der Waals surface area contributed by atoms with Crippen LogP contribution >= 0.6 is 24.8 Å². The van der Waals surface area contributed by atoms with E-state index in [1.165, 1.54) is 24.8 Å². The summed E-state index contributed by atoms with van der Waals surface area (Å²) in [7, 11) is 0. The molecule has 0 spiro atoms. The van der Waals surface area contributed by atoms with Crippen molar-refractivity contribution in [3.8, 4) is 0 Å². The van der Waals surface area contributed by atoms with Crippen LogP contribution in [0.15, 0.2) is 30.3 Å². The minimum atomic E-state index is -0.112. The molecule has 2 aliphatic heterocycles. The van der Waals surface area contributed by atoms with Gasteiger partial charge in [0.25, 0.3) is 0 Å². The molecule has 6 heteroatoms. The summed E-state index contributed by atoms with van der Waals surface area (Å²) >= 11 is 0. The molecule has 152 valence electrons. The van der Waals surface area contributed by atoms with Crippen LogP contribution in [0.3, 0.4) is 0 Å². The van der Waals surface area contributed by atoms with Gasteiger partial charge in [-0.2, -0.15) is 0 Å². The quantitative estimate of drug-likeness (QED) is 0.794. The standard InChI is InChI=1S/C21H31N3O.2ClH/c25-20(21-11-5-4-8-18(21)14-22-16-21)23-19-9-12-24(13-10-19)15-17-6-2-1-3-7-17;;/h1-3,6-7,18-19,22H,4-5,8-16H2,(H,23,25);2*1H/t18-,21+;;/m0../s1. The molecule has 0 radical (unpaired) electrons. The number of nitrogens with one attached hydrogen (secondary N) is 2. The van der Waals surface area contributed by atoms with Crippen LogP contribution in [0.4, 0.5) is 0 Å². The molecule has 3 aliphatic rings. The second-order valence-corrected chi connectivity index (χ2v) is 8.24. The highest BCUT2D eigenvalue weighted by Gasteiger charge is 2.50. The Labute approximate surface area is 175 Å². The van der Waals surface area contributed by atoms with Crippen molar-refractivity contribution in [1.82, 2.24) is 15.5 Å². The number of benzene rings is 1. The van der Waals surface area contributed by atoms with Gasteiger partial charge in [0.15, 0.2) is 0 Å². The molecule has 2 atom stereocenters. The molecule has 1 saturated carbocycles. The first-order valence-electron chi connectivity index (χ1n) is 10.0. The van der Waals surface area contributed by atoms with Crippen molar-refractivity contribution < 1.29 is 4.79 Å². The van der Waals surface area contributed by atoms with E-state index in [-0.39, 0.29) is 30.2 Å². The summed E-state index contributed by atoms with van der Waals surface area (Å²) in [5.74, 6) is 0.892. The molecule has 2 saturated heterocycles. The van der Waals surface area contributed by atoms with Crippen molar-refractivity contribution in [3.05, 3.63) is 35.9 Å². The van der Waals surface area contributed by atoms with E-state index < -0.39 is 0 Å². The fourth-order valence-corrected chi connectivity index (χ4v) is 5.10. The zero-order chi connectivity index (χ0) is 17.1. The maximum Gasteiger partial charge on any atom is 0.228 e. The largest absolute Gasteiger partial charge is 0.353 e. The molecule has 4 nitrogen and oxygen atoms in total. The fourth-order valence-electron chi connectivity index (χ4n) is 5.10. The lowest BCUT2D eigenvalue weighted by molar-refractivity contribution is -0.135. The van der Waals surface area contributed by atoms with Gasteiger partial charge < -0.3 is 10.6 Å². The van der Waals surface area contributed by atoms with Gasteiger partial charge in [0.1, 0.15) is 0 Å². The van der Waals surface area contributed by atoms with Gasteiger partial charge >= 0.3 is 0 Å². The maximum absolute atomic E-state index is 13.1. The average Bonchev–Trinajstić information content (AvgIpc) is 3.10. The van der Waals surface area contributed by atoms with E-state index >= 15 is 0 Å². The van der Waals surface area contributed by atoms with E-state index in [1.807, 2.05) is 0 Å². The Balaban J connectivity index is 0.00000131. The van der Waals surface area contributed by atoms with Gasteiger partial charge in [-0.3, -0.25) is 9.69 Å². The average molecular weight is 414 g/mol. The van der Waals surface area contributed by atoms with Crippen molar-refractivity contribution >= 4 is 30.7 Å². The third-order valence-corrected chi connectivity index (χ3v) is 6.66. The summed E-state index contributed by atoms with van der Waals surface area (Å²) in [6.45, 7) is 5.10. The monoisotopic (exact) mass is 413 g/mol. The number of carbonyl (C=O) groups is 1. The number of piperidine rings is 1. The summed E-state index contributed by atoms with van der Waals surface area (Å²) < 4.78 is 0. The molecule has 4 rings (SSSR count). The molecule has 1 amide bonds. The van der Waals surface area contributed by atoms with Crippen LogP contribution in [0.5, 0.6) is 0 Å². The fraction of sp³-hybridized carbons (Fsp3) is 0.667. The lowest BCUT2D eigenvalue weighted by Crippen LogP contribution is -2.53. The van der Waals surface area contributed by atoms with Crippen LogP contribution in [0.25, 0.3) is 0 Å². The van der Waals surface area contributed by atoms with E-state index in [4.69, 9.17) is 0 Å². The van der Waals surface area contributed by atoms with Crippen molar-refractivity contribution in [2.24, 2.45) is 11.3 Å². The van der Waals surface area contributed by atoms with Gasteiger partial charge in [-0.25, -0.2) is 0 Å². The Bertz CT molecular complexity index is 592. The Morgan fingerprint density at radius 1 is 1.11 bits per heavy atom. The number of nitrogens with zero attached hydrogens (tertiary/aromatic N) is 1. The lowest BCUT2D eigenvalue weighted by Gasteiger charge is -2.39. The van der Waals surface area contributed by atoms with Gasteiger partial charge in [-0.05, 0) is 43.7 Å². The number of halogens is 2. The molecule has 3 fully saturated rings. The molecule has 27 heavy (non-hydrogen) atoms. The number of likely N-dealkylation sites (tertiary alicyclic amines) is 1. The Morgan fingerprint density at radius 2 is 1.85 bits per heavy atom. The summed E-state index contributed by atoms with van der Waals surface area (Å²) in [5, 5.41) is 6.92. The minimum Gasteiger partial charge on any atom is -0.353 e. The predicted octanol–water partition coefficient (Wildman–Crippen LogP) is 3.39. The minimum absolute atomic E-state index is 0. The summed E-state index contributed by atoms with van der Waals surface area (Å²) in [6, 6.07) is 11.0. The number of hydrogen-bond donors (Lipinski definition) is 2. The number of hydrogen-bond acceptors (Lipinski definition) is 3. The lowest BCUT2D eigenvalue weighted by atomic mass is 9.67. The first kappa shape index (κ1) is 22.5. The topological polar surface area (TPSA) is 44.4 Å². The van der Waals surface area contributed by atoms with Crippen LogP contribution < -0.4 is 10.6 Å². The van der Waals surface area contributed by atoms with Crippen LogP contribution in [-0.4, -0.2) is 43.0 Å². The molecular weight excluding hydrogens is 381 g/mol. The van der Waals surface area contributed by atoms with E-state index in [0.29, 0.717) is 17.9 Å². The van der Waals surface area contributed by atoms with Crippen LogP contribution in [0.2, 0.25) is 0 Å². The number of carbonyl (C=O) groups excluding carboxylic acids is 1. The zero-order valence-electron chi connectivity index (χ0n) is 16.0. The summed E-state index contributed by atoms with van der Waals surface area (Å²) in [5.41, 5.74) is 1.27. The van der Waals surface area contributed by atoms with Crippen molar-refractivity contribution in [2.45, 2.75) is 51.1 Å². The molecular formula is C21H33Cl2N3O. The van der Waals surface area contributed by atoms with Gasteiger partial charge in [0, 0.05) is 32.2 Å². The third-order valence-electron chi connectivity index (χ3n) is 6.66. The SMILES string of the molecule is Cl.Cl.O=C(NC1CCN(Cc2ccccc2)CC1)[C@@]12CCCC[C@H]1CNC2. The van der Waals surface area contributed by atoms with Crippen molar-refractivity contribution in [2.75, 3.05) is 26.2 Å². The molecule has 1 aromatic rings. The number of amides is 1. The van der Waals surface area contributed by atoms with Crippen LogP contribution in [0, 0.1) is 11.3 Å². The Kier molecular flexibility index (Phi) is 8.41. The highest BCUT2D eigenvalue weighted by atomic mass is 35.5. The van der Waals surface area contributed by atoms with E-state index in [0.717, 1.165) is 52.0 Å². The molecule has 0 aromatic heterocycles. The first-order valence-corrected chi connectivity index (χ1v) is 10.0. The first-order chi connectivity index (χ1) is 12.3. The third kappa shape index (κ3) is 4.97. The molecule has 2 N–H and O–H groups in total. The molecule has 0 bridgehead atoms. The van der Waals surface area contributed by atoms with Crippen LogP contribution in [-0.2, 0) is 11.3 Å². The van der Waals surface area contributed by atoms with Gasteiger partial charge in [-0.1, -0.05) is 43.2 Å². The predicted molar refractivity (Wildman–Crippen MR) is 115 cm³/mol. The maximum atomic E-state index is 13.1. The van der Waals surface area contributed by atoms with Gasteiger partial charge in [0.05, 0.1) is 5.41 Å². The van der Waals surface area contributed by atoms with Gasteiger partial charge in [0.2, 0.25) is 5.91 Å². The molecule has 1 aliphatic carbocycles. The number of rotatable bonds is 4. The Hall–Kier alpha value is -0.810. The van der Waals surface area contributed by atoms with Crippen molar-refractivity contribution in [3.63, 3.8) is 0 Å². The highest BCUT2D eigenvalue weighted by Crippen LogP contribution is 2.44. The normalized spacial score (nSPS) is 28.5. The van der Waals surface area contributed by atoms with E-state index in [2.05, 4.69) is 45.9 Å². The summed E-state index contributed by atoms with van der Waals surface area (Å²) in [4.78, 5) is 15.6. The van der Waals surface area contributed by atoms with Crippen molar-refractivity contribution in [1.29, 1.82) is 0 Å². The molecule has 1 aromatic carbocycles. The van der Waals surface area contributed by atoms with E-state index in [9.17, 15) is 4.79 Å². The second kappa shape index (κ2) is 10.1. The Morgan fingerprint density at radius 3 is 2.59 bits per heavy atom. The zero-order valence-corrected chi connectivity index (χ0v) is 17.6. The smallest absolute Gasteiger partial charge is 0.228 e. The summed E-state index contributed by atoms with van der Waals surface area (Å²) in [6.07, 6.45) is 6.94. The second-order valence-electron chi connectivity index (χ2n) is 8.24.